The lowest BCUT2D eigenvalue weighted by atomic mass is 10.1. The zero-order valence-electron chi connectivity index (χ0n) is 34.0. The molecule has 6 aromatic heterocycles. The Kier molecular flexibility index (Phi) is 7.23. The molecule has 8 heteroatoms. The summed E-state index contributed by atoms with van der Waals surface area (Å²) in [6.45, 7) is 0. The second-order valence-electron chi connectivity index (χ2n) is 16.2. The topological polar surface area (TPSA) is 87.7 Å². The molecule has 0 N–H and O–H groups in total. The highest BCUT2D eigenvalue weighted by atomic mass is 16.3. The highest BCUT2D eigenvalue weighted by Gasteiger charge is 2.24. The van der Waals surface area contributed by atoms with Gasteiger partial charge < -0.3 is 13.4 Å². The summed E-state index contributed by atoms with van der Waals surface area (Å²) in [6.07, 6.45) is 1.98. The molecule has 8 aromatic carbocycles. The number of hydrogen-bond acceptors (Lipinski definition) is 6. The highest BCUT2D eigenvalue weighted by molar-refractivity contribution is 6.18. The van der Waals surface area contributed by atoms with Gasteiger partial charge in [0.1, 0.15) is 28.1 Å². The van der Waals surface area contributed by atoms with Gasteiger partial charge in [-0.05, 0) is 54.6 Å². The Morgan fingerprint density at radius 2 is 0.781 bits per heavy atom. The van der Waals surface area contributed by atoms with Crippen LogP contribution in [0.15, 0.2) is 203 Å². The average Bonchev–Trinajstić information content (AvgIpc) is 4.10. The molecule has 0 aliphatic rings. The third-order valence-corrected chi connectivity index (χ3v) is 12.6. The Balaban J connectivity index is 1.11. The highest BCUT2D eigenvalue weighted by Crippen LogP contribution is 2.42. The number of hydrogen-bond donors (Lipinski definition) is 0. The molecule has 0 spiro atoms. The minimum absolute atomic E-state index is 0.502. The molecule has 0 fully saturated rings. The van der Waals surface area contributed by atoms with Crippen molar-refractivity contribution in [1.29, 1.82) is 0 Å². The van der Waals surface area contributed by atoms with E-state index in [1.807, 2.05) is 91.1 Å². The maximum absolute atomic E-state index is 6.44. The number of nitrogens with zero attached hydrogens (tertiary/aromatic N) is 6. The number of para-hydroxylation sites is 4. The van der Waals surface area contributed by atoms with Crippen molar-refractivity contribution in [3.8, 4) is 45.7 Å². The van der Waals surface area contributed by atoms with Crippen LogP contribution in [-0.2, 0) is 0 Å². The molecule has 0 atom stereocenters. The van der Waals surface area contributed by atoms with E-state index in [2.05, 4.69) is 112 Å². The van der Waals surface area contributed by atoms with Gasteiger partial charge in [0.05, 0.1) is 39.5 Å². The first kappa shape index (κ1) is 34.8. The molecule has 0 aliphatic heterocycles. The Bertz CT molecular complexity index is 4140. The summed E-state index contributed by atoms with van der Waals surface area (Å²) in [5.74, 6) is 2.33. The van der Waals surface area contributed by atoms with Gasteiger partial charge in [-0.2, -0.15) is 0 Å². The van der Waals surface area contributed by atoms with Crippen molar-refractivity contribution >= 4 is 87.5 Å². The monoisotopic (exact) mass is 820 g/mol. The third kappa shape index (κ3) is 5.11. The lowest BCUT2D eigenvalue weighted by molar-refractivity contribution is 0.669. The molecule has 0 aliphatic carbocycles. The molecule has 0 saturated heterocycles. The van der Waals surface area contributed by atoms with Crippen LogP contribution in [-0.4, -0.2) is 29.1 Å². The van der Waals surface area contributed by atoms with Crippen molar-refractivity contribution in [2.45, 2.75) is 0 Å². The van der Waals surface area contributed by atoms with Gasteiger partial charge in [0.25, 0.3) is 0 Å². The average molecular weight is 821 g/mol. The van der Waals surface area contributed by atoms with Gasteiger partial charge in [0, 0.05) is 54.2 Å². The summed E-state index contributed by atoms with van der Waals surface area (Å²) in [6, 6.07) is 64.6. The number of pyridine rings is 1. The van der Waals surface area contributed by atoms with Gasteiger partial charge in [0.15, 0.2) is 17.5 Å². The van der Waals surface area contributed by atoms with E-state index in [0.717, 1.165) is 110 Å². The van der Waals surface area contributed by atoms with E-state index < -0.39 is 0 Å². The van der Waals surface area contributed by atoms with Gasteiger partial charge in [-0.25, -0.2) is 19.9 Å². The summed E-state index contributed by atoms with van der Waals surface area (Å²) in [5, 5.41) is 8.56. The largest absolute Gasteiger partial charge is 0.456 e. The quantitative estimate of drug-likeness (QED) is 0.172. The van der Waals surface area contributed by atoms with Crippen LogP contribution in [0.4, 0.5) is 0 Å². The number of benzene rings is 8. The van der Waals surface area contributed by atoms with Crippen LogP contribution in [0.2, 0.25) is 0 Å². The molecule has 8 nitrogen and oxygen atoms in total. The summed E-state index contributed by atoms with van der Waals surface area (Å²) in [5.41, 5.74) is 10.9. The third-order valence-electron chi connectivity index (χ3n) is 12.6. The lowest BCUT2D eigenvalue weighted by Crippen LogP contribution is -2.07. The van der Waals surface area contributed by atoms with Crippen LogP contribution in [0, 0.1) is 0 Å². The van der Waals surface area contributed by atoms with Crippen LogP contribution < -0.4 is 0 Å². The Hall–Kier alpha value is -8.88. The second kappa shape index (κ2) is 13.3. The van der Waals surface area contributed by atoms with Gasteiger partial charge in [-0.15, -0.1) is 0 Å². The Morgan fingerprint density at radius 3 is 1.34 bits per heavy atom. The fraction of sp³-hybridized carbons (Fsp3) is 0. The number of aromatic nitrogens is 6. The summed E-state index contributed by atoms with van der Waals surface area (Å²) in [4.78, 5) is 21.2. The molecule has 64 heavy (non-hydrogen) atoms. The van der Waals surface area contributed by atoms with E-state index in [4.69, 9.17) is 28.8 Å². The lowest BCUT2D eigenvalue weighted by Gasteiger charge is -2.16. The molecule has 0 amide bonds. The molecular formula is C56H32N6O2. The van der Waals surface area contributed by atoms with Crippen molar-refractivity contribution in [2.24, 2.45) is 0 Å². The zero-order valence-corrected chi connectivity index (χ0v) is 34.0. The summed E-state index contributed by atoms with van der Waals surface area (Å²) >= 11 is 0. The first-order valence-electron chi connectivity index (χ1n) is 21.3. The van der Waals surface area contributed by atoms with E-state index in [-0.39, 0.29) is 0 Å². The molecule has 0 radical (unpaired) electrons. The van der Waals surface area contributed by atoms with Crippen molar-refractivity contribution in [3.05, 3.63) is 194 Å². The van der Waals surface area contributed by atoms with Crippen LogP contribution in [0.25, 0.3) is 133 Å². The van der Waals surface area contributed by atoms with E-state index in [9.17, 15) is 0 Å². The summed E-state index contributed by atoms with van der Waals surface area (Å²) < 4.78 is 17.4. The van der Waals surface area contributed by atoms with Gasteiger partial charge in [-0.1, -0.05) is 133 Å². The van der Waals surface area contributed by atoms with Crippen LogP contribution in [0.1, 0.15) is 0 Å². The molecule has 0 saturated carbocycles. The fourth-order valence-electron chi connectivity index (χ4n) is 9.72. The minimum atomic E-state index is 0.502. The molecule has 0 unspecified atom stereocenters. The van der Waals surface area contributed by atoms with Crippen LogP contribution >= 0.6 is 0 Å². The van der Waals surface area contributed by atoms with E-state index in [1.54, 1.807) is 0 Å². The summed E-state index contributed by atoms with van der Waals surface area (Å²) in [7, 11) is 0. The zero-order chi connectivity index (χ0) is 41.9. The first-order chi connectivity index (χ1) is 31.7. The molecular weight excluding hydrogens is 789 g/mol. The minimum Gasteiger partial charge on any atom is -0.456 e. The molecule has 6 heterocycles. The van der Waals surface area contributed by atoms with Crippen molar-refractivity contribution < 1.29 is 8.83 Å². The molecule has 14 rings (SSSR count). The Labute approximate surface area is 363 Å². The second-order valence-corrected chi connectivity index (χ2v) is 16.2. The molecule has 0 bridgehead atoms. The van der Waals surface area contributed by atoms with Crippen molar-refractivity contribution in [2.75, 3.05) is 0 Å². The predicted octanol–water partition coefficient (Wildman–Crippen LogP) is 14.3. The normalized spacial score (nSPS) is 12.1. The van der Waals surface area contributed by atoms with Crippen molar-refractivity contribution in [1.82, 2.24) is 29.1 Å². The smallest absolute Gasteiger partial charge is 0.167 e. The van der Waals surface area contributed by atoms with Gasteiger partial charge in [-0.3, -0.25) is 4.57 Å². The SMILES string of the molecule is c1ccc(-c2nc(-c3ccccc3)nc(-c3cc(-n4c5ccccc5c5cc6oc7ccccc7c6cc54)cnc3-n3c4ccccc4c4cc5oc6ccccc6c5cc43)n2)cc1. The Morgan fingerprint density at radius 1 is 0.328 bits per heavy atom. The maximum atomic E-state index is 6.44. The number of rotatable bonds is 5. The predicted molar refractivity (Wildman–Crippen MR) is 257 cm³/mol. The van der Waals surface area contributed by atoms with Crippen LogP contribution in [0.5, 0.6) is 0 Å². The van der Waals surface area contributed by atoms with Crippen molar-refractivity contribution in [3.63, 3.8) is 0 Å². The number of fused-ring (bicyclic) bond motifs is 12. The van der Waals surface area contributed by atoms with E-state index in [0.29, 0.717) is 23.3 Å². The van der Waals surface area contributed by atoms with Gasteiger partial charge >= 0.3 is 0 Å². The molecule has 298 valence electrons. The fourth-order valence-corrected chi connectivity index (χ4v) is 9.72. The van der Waals surface area contributed by atoms with Crippen LogP contribution in [0.3, 0.4) is 0 Å². The maximum Gasteiger partial charge on any atom is 0.167 e. The standard InChI is InChI=1S/C56H32N6O2/c1-3-15-33(16-4-1)53-58-54(34-17-5-2-6-18-34)60-55(59-53)44-27-35(61-45-23-11-7-19-36(45)40-30-51-42(28-47(40)61)38-21-9-13-25-49(38)63-51)32-57-56(44)62-46-24-12-8-20-37(46)41-31-52-43(29-48(41)62)39-22-10-14-26-50(39)64-52/h1-32H. The van der Waals surface area contributed by atoms with E-state index >= 15 is 0 Å². The first-order valence-corrected chi connectivity index (χ1v) is 21.3. The van der Waals surface area contributed by atoms with E-state index in [1.165, 1.54) is 0 Å². The van der Waals surface area contributed by atoms with Gasteiger partial charge in [0.2, 0.25) is 0 Å². The molecule has 14 aromatic rings. The number of furan rings is 2.